The molecule has 1 saturated carbocycles. The van der Waals surface area contributed by atoms with Crippen molar-refractivity contribution in [3.63, 3.8) is 0 Å². The fourth-order valence-corrected chi connectivity index (χ4v) is 2.93. The van der Waals surface area contributed by atoms with Crippen molar-refractivity contribution in [2.24, 2.45) is 17.8 Å². The Kier molecular flexibility index (Phi) is 7.11. The van der Waals surface area contributed by atoms with Gasteiger partial charge in [-0.2, -0.15) is 0 Å². The van der Waals surface area contributed by atoms with Crippen LogP contribution in [0.2, 0.25) is 0 Å². The van der Waals surface area contributed by atoms with Crippen molar-refractivity contribution in [2.45, 2.75) is 65.7 Å². The highest BCUT2D eigenvalue weighted by molar-refractivity contribution is 4.72. The smallest absolute Gasteiger partial charge is 0.00204 e. The summed E-state index contributed by atoms with van der Waals surface area (Å²) >= 11 is 0. The fourth-order valence-electron chi connectivity index (χ4n) is 2.93. The predicted octanol–water partition coefficient (Wildman–Crippen LogP) is 4.23. The molecule has 0 aliphatic heterocycles. The molecule has 2 atom stereocenters. The lowest BCUT2D eigenvalue weighted by Crippen LogP contribution is -2.26. The molecule has 16 heavy (non-hydrogen) atoms. The van der Waals surface area contributed by atoms with Crippen molar-refractivity contribution in [2.75, 3.05) is 13.1 Å². The predicted molar refractivity (Wildman–Crippen MR) is 72.7 cm³/mol. The molecule has 1 aliphatic carbocycles. The summed E-state index contributed by atoms with van der Waals surface area (Å²) in [5.41, 5.74) is 0. The molecular weight excluding hydrogens is 194 g/mol. The highest BCUT2D eigenvalue weighted by atomic mass is 14.9. The van der Waals surface area contributed by atoms with Crippen molar-refractivity contribution in [3.05, 3.63) is 0 Å². The van der Waals surface area contributed by atoms with Gasteiger partial charge in [0.2, 0.25) is 0 Å². The molecule has 0 spiro atoms. The molecule has 0 bridgehead atoms. The van der Waals surface area contributed by atoms with Gasteiger partial charge in [-0.05, 0) is 43.7 Å². The van der Waals surface area contributed by atoms with E-state index >= 15 is 0 Å². The van der Waals surface area contributed by atoms with Crippen LogP contribution in [0.5, 0.6) is 0 Å². The summed E-state index contributed by atoms with van der Waals surface area (Å²) in [7, 11) is 0. The van der Waals surface area contributed by atoms with E-state index in [1.165, 1.54) is 58.0 Å². The molecule has 1 aliphatic rings. The summed E-state index contributed by atoms with van der Waals surface area (Å²) in [6.45, 7) is 9.35. The minimum Gasteiger partial charge on any atom is -0.316 e. The van der Waals surface area contributed by atoms with Crippen molar-refractivity contribution in [1.82, 2.24) is 5.32 Å². The third-order valence-corrected chi connectivity index (χ3v) is 3.89. The topological polar surface area (TPSA) is 12.0 Å². The molecule has 2 unspecified atom stereocenters. The molecule has 0 aromatic carbocycles. The molecule has 0 radical (unpaired) electrons. The molecule has 0 heterocycles. The van der Waals surface area contributed by atoms with Gasteiger partial charge >= 0.3 is 0 Å². The zero-order valence-corrected chi connectivity index (χ0v) is 11.6. The number of hydrogen-bond donors (Lipinski definition) is 1. The Morgan fingerprint density at radius 2 is 1.75 bits per heavy atom. The van der Waals surface area contributed by atoms with Crippen LogP contribution in [0.1, 0.15) is 65.7 Å². The van der Waals surface area contributed by atoms with E-state index in [2.05, 4.69) is 26.1 Å². The molecule has 0 amide bonds. The first-order valence-corrected chi connectivity index (χ1v) is 7.43. The highest BCUT2D eigenvalue weighted by Crippen LogP contribution is 2.29. The number of nitrogens with one attached hydrogen (secondary N) is 1. The van der Waals surface area contributed by atoms with Gasteiger partial charge in [0.15, 0.2) is 0 Å². The van der Waals surface area contributed by atoms with E-state index in [1.54, 1.807) is 0 Å². The van der Waals surface area contributed by atoms with Gasteiger partial charge in [0, 0.05) is 0 Å². The molecule has 1 fully saturated rings. The summed E-state index contributed by atoms with van der Waals surface area (Å²) < 4.78 is 0. The molecule has 1 heteroatoms. The van der Waals surface area contributed by atoms with E-state index in [1.807, 2.05) is 0 Å². The highest BCUT2D eigenvalue weighted by Gasteiger charge is 2.17. The van der Waals surface area contributed by atoms with Crippen LogP contribution in [0.25, 0.3) is 0 Å². The SMILES string of the molecule is CCCC1CCCC(CNCC(C)C)CC1. The van der Waals surface area contributed by atoms with Crippen LogP contribution in [0.15, 0.2) is 0 Å². The summed E-state index contributed by atoms with van der Waals surface area (Å²) in [5, 5.41) is 3.63. The van der Waals surface area contributed by atoms with Crippen molar-refractivity contribution in [3.8, 4) is 0 Å². The molecular formula is C15H31N. The molecule has 1 rings (SSSR count). The van der Waals surface area contributed by atoms with Crippen LogP contribution in [0.3, 0.4) is 0 Å². The van der Waals surface area contributed by atoms with E-state index < -0.39 is 0 Å². The van der Waals surface area contributed by atoms with Gasteiger partial charge < -0.3 is 5.32 Å². The lowest BCUT2D eigenvalue weighted by Gasteiger charge is -2.16. The van der Waals surface area contributed by atoms with Crippen LogP contribution < -0.4 is 5.32 Å². The van der Waals surface area contributed by atoms with Gasteiger partial charge in [0.1, 0.15) is 0 Å². The Labute approximate surface area is 102 Å². The normalized spacial score (nSPS) is 27.0. The van der Waals surface area contributed by atoms with E-state index in [4.69, 9.17) is 0 Å². The second kappa shape index (κ2) is 8.11. The van der Waals surface area contributed by atoms with Gasteiger partial charge in [-0.3, -0.25) is 0 Å². The second-order valence-corrected chi connectivity index (χ2v) is 6.08. The lowest BCUT2D eigenvalue weighted by atomic mass is 9.94. The average Bonchev–Trinajstić information content (AvgIpc) is 2.44. The lowest BCUT2D eigenvalue weighted by molar-refractivity contribution is 0.389. The van der Waals surface area contributed by atoms with Crippen LogP contribution in [-0.4, -0.2) is 13.1 Å². The molecule has 1 nitrogen and oxygen atoms in total. The summed E-state index contributed by atoms with van der Waals surface area (Å²) in [6, 6.07) is 0. The zero-order valence-electron chi connectivity index (χ0n) is 11.6. The van der Waals surface area contributed by atoms with Crippen molar-refractivity contribution >= 4 is 0 Å². The quantitative estimate of drug-likeness (QED) is 0.667. The first kappa shape index (κ1) is 14.0. The van der Waals surface area contributed by atoms with Gasteiger partial charge in [-0.25, -0.2) is 0 Å². The summed E-state index contributed by atoms with van der Waals surface area (Å²) in [4.78, 5) is 0. The first-order valence-electron chi connectivity index (χ1n) is 7.43. The third kappa shape index (κ3) is 5.89. The first-order chi connectivity index (χ1) is 7.72. The minimum atomic E-state index is 0.790. The number of rotatable bonds is 6. The van der Waals surface area contributed by atoms with Gasteiger partial charge in [0.05, 0.1) is 0 Å². The van der Waals surface area contributed by atoms with Crippen LogP contribution in [-0.2, 0) is 0 Å². The van der Waals surface area contributed by atoms with E-state index in [-0.39, 0.29) is 0 Å². The van der Waals surface area contributed by atoms with Gasteiger partial charge in [-0.1, -0.05) is 52.9 Å². The van der Waals surface area contributed by atoms with Crippen molar-refractivity contribution in [1.29, 1.82) is 0 Å². The standard InChI is InChI=1S/C15H31N/c1-4-6-14-7-5-8-15(10-9-14)12-16-11-13(2)3/h13-16H,4-12H2,1-3H3. The van der Waals surface area contributed by atoms with Gasteiger partial charge in [-0.15, -0.1) is 0 Å². The Hall–Kier alpha value is -0.0400. The van der Waals surface area contributed by atoms with E-state index in [0.29, 0.717) is 0 Å². The second-order valence-electron chi connectivity index (χ2n) is 6.08. The van der Waals surface area contributed by atoms with Crippen LogP contribution >= 0.6 is 0 Å². The maximum Gasteiger partial charge on any atom is -0.00204 e. The third-order valence-electron chi connectivity index (χ3n) is 3.89. The maximum atomic E-state index is 3.63. The average molecular weight is 225 g/mol. The maximum absolute atomic E-state index is 3.63. The zero-order chi connectivity index (χ0) is 11.8. The van der Waals surface area contributed by atoms with E-state index in [0.717, 1.165) is 17.8 Å². The largest absolute Gasteiger partial charge is 0.316 e. The molecule has 0 aromatic rings. The van der Waals surface area contributed by atoms with Crippen LogP contribution in [0, 0.1) is 17.8 Å². The van der Waals surface area contributed by atoms with Gasteiger partial charge in [0.25, 0.3) is 0 Å². The van der Waals surface area contributed by atoms with E-state index in [9.17, 15) is 0 Å². The van der Waals surface area contributed by atoms with Crippen molar-refractivity contribution < 1.29 is 0 Å². The summed E-state index contributed by atoms with van der Waals surface area (Å²) in [6.07, 6.45) is 10.2. The molecule has 0 aromatic heterocycles. The Bertz CT molecular complexity index is 165. The minimum absolute atomic E-state index is 0.790. The summed E-state index contributed by atoms with van der Waals surface area (Å²) in [5.74, 6) is 2.79. The Morgan fingerprint density at radius 1 is 1.06 bits per heavy atom. The molecule has 96 valence electrons. The fraction of sp³-hybridized carbons (Fsp3) is 1.00. The molecule has 0 saturated heterocycles. The molecule has 1 N–H and O–H groups in total. The number of hydrogen-bond acceptors (Lipinski definition) is 1. The Balaban J connectivity index is 2.14. The monoisotopic (exact) mass is 225 g/mol. The van der Waals surface area contributed by atoms with Crippen LogP contribution in [0.4, 0.5) is 0 Å². The Morgan fingerprint density at radius 3 is 2.44 bits per heavy atom.